The Bertz CT molecular complexity index is 1060. The van der Waals surface area contributed by atoms with Crippen molar-refractivity contribution in [2.75, 3.05) is 6.54 Å². The summed E-state index contributed by atoms with van der Waals surface area (Å²) in [6, 6.07) is 9.91. The highest BCUT2D eigenvalue weighted by Crippen LogP contribution is 2.33. The quantitative estimate of drug-likeness (QED) is 0.640. The fourth-order valence-corrected chi connectivity index (χ4v) is 3.44. The summed E-state index contributed by atoms with van der Waals surface area (Å²) < 4.78 is 29.5. The van der Waals surface area contributed by atoms with Gasteiger partial charge in [-0.1, -0.05) is 35.5 Å². The fraction of sp³-hybridized carbons (Fsp3) is 0.300. The summed E-state index contributed by atoms with van der Waals surface area (Å²) >= 11 is 0. The molecule has 0 aliphatic carbocycles. The maximum absolute atomic E-state index is 14.1. The molecule has 3 aromatic rings. The molecule has 1 saturated heterocycles. The van der Waals surface area contributed by atoms with Gasteiger partial charge in [-0.15, -0.1) is 5.10 Å². The van der Waals surface area contributed by atoms with Crippen LogP contribution < -0.4 is 5.32 Å². The summed E-state index contributed by atoms with van der Waals surface area (Å²) in [6.07, 6.45) is 3.43. The van der Waals surface area contributed by atoms with Crippen LogP contribution in [0.3, 0.4) is 0 Å². The lowest BCUT2D eigenvalue weighted by atomic mass is 10.2. The van der Waals surface area contributed by atoms with E-state index in [2.05, 4.69) is 25.6 Å². The molecule has 31 heavy (non-hydrogen) atoms. The number of carbonyl (C=O) groups is 2. The van der Waals surface area contributed by atoms with Crippen molar-refractivity contribution < 1.29 is 18.4 Å². The maximum atomic E-state index is 14.1. The van der Waals surface area contributed by atoms with E-state index in [1.807, 2.05) is 30.3 Å². The van der Waals surface area contributed by atoms with Crippen molar-refractivity contribution in [1.82, 2.24) is 35.2 Å². The van der Waals surface area contributed by atoms with Crippen LogP contribution in [0.4, 0.5) is 8.78 Å². The summed E-state index contributed by atoms with van der Waals surface area (Å²) in [4.78, 5) is 33.6. The van der Waals surface area contributed by atoms with Gasteiger partial charge >= 0.3 is 0 Å². The van der Waals surface area contributed by atoms with Gasteiger partial charge in [0, 0.05) is 19.2 Å². The number of carbonyl (C=O) groups excluding carboxylic acids is 2. The number of hydrogen-bond acceptors (Lipinski definition) is 6. The van der Waals surface area contributed by atoms with Crippen LogP contribution in [0.15, 0.2) is 55.1 Å². The highest BCUT2D eigenvalue weighted by molar-refractivity contribution is 5.93. The van der Waals surface area contributed by atoms with Gasteiger partial charge in [0.2, 0.25) is 0 Å². The number of halogens is 2. The number of aromatic nitrogens is 5. The summed E-state index contributed by atoms with van der Waals surface area (Å²) in [5.74, 6) is -4.06. The summed E-state index contributed by atoms with van der Waals surface area (Å²) in [7, 11) is 0. The SMILES string of the molecule is O=C(NCc1ccccc1)c1cn(C[C@@H]2CC(F)(F)CN2C(=O)c2ccncn2)nn1. The van der Waals surface area contributed by atoms with Crippen molar-refractivity contribution in [2.45, 2.75) is 31.5 Å². The molecule has 1 aliphatic rings. The van der Waals surface area contributed by atoms with Crippen LogP contribution in [0, 0.1) is 0 Å². The van der Waals surface area contributed by atoms with Gasteiger partial charge in [0.25, 0.3) is 17.7 Å². The lowest BCUT2D eigenvalue weighted by Crippen LogP contribution is -2.39. The molecule has 1 N–H and O–H groups in total. The van der Waals surface area contributed by atoms with Gasteiger partial charge in [-0.2, -0.15) is 0 Å². The first-order valence-electron chi connectivity index (χ1n) is 9.58. The van der Waals surface area contributed by atoms with Crippen LogP contribution >= 0.6 is 0 Å². The Labute approximate surface area is 176 Å². The van der Waals surface area contributed by atoms with Crippen molar-refractivity contribution >= 4 is 11.8 Å². The molecule has 0 spiro atoms. The van der Waals surface area contributed by atoms with Crippen LogP contribution in [0.1, 0.15) is 33.0 Å². The molecule has 3 heterocycles. The van der Waals surface area contributed by atoms with E-state index in [1.165, 1.54) is 29.5 Å². The fourth-order valence-electron chi connectivity index (χ4n) is 3.44. The number of likely N-dealkylation sites (tertiary alicyclic amines) is 1. The molecule has 4 rings (SSSR count). The minimum absolute atomic E-state index is 0.0224. The van der Waals surface area contributed by atoms with E-state index < -0.39 is 36.7 Å². The van der Waals surface area contributed by atoms with Crippen LogP contribution in [-0.4, -0.2) is 60.2 Å². The maximum Gasteiger partial charge on any atom is 0.273 e. The van der Waals surface area contributed by atoms with Gasteiger partial charge in [-0.3, -0.25) is 9.59 Å². The zero-order chi connectivity index (χ0) is 21.8. The van der Waals surface area contributed by atoms with E-state index in [4.69, 9.17) is 0 Å². The van der Waals surface area contributed by atoms with E-state index in [1.54, 1.807) is 0 Å². The van der Waals surface area contributed by atoms with Gasteiger partial charge < -0.3 is 10.2 Å². The topological polar surface area (TPSA) is 106 Å². The van der Waals surface area contributed by atoms with E-state index >= 15 is 0 Å². The number of rotatable bonds is 6. The Hall–Kier alpha value is -3.76. The Morgan fingerprint density at radius 1 is 1.16 bits per heavy atom. The van der Waals surface area contributed by atoms with Gasteiger partial charge in [-0.05, 0) is 11.6 Å². The molecule has 0 bridgehead atoms. The molecule has 1 aliphatic heterocycles. The predicted molar refractivity (Wildman–Crippen MR) is 104 cm³/mol. The van der Waals surface area contributed by atoms with Gasteiger partial charge in [-0.25, -0.2) is 23.4 Å². The van der Waals surface area contributed by atoms with E-state index in [0.717, 1.165) is 10.5 Å². The lowest BCUT2D eigenvalue weighted by molar-refractivity contribution is 0.0116. The predicted octanol–water partition coefficient (Wildman–Crippen LogP) is 1.55. The molecule has 2 amide bonds. The Balaban J connectivity index is 1.42. The first-order chi connectivity index (χ1) is 14.9. The number of benzene rings is 1. The number of nitrogens with zero attached hydrogens (tertiary/aromatic N) is 6. The molecule has 0 unspecified atom stereocenters. The van der Waals surface area contributed by atoms with E-state index in [9.17, 15) is 18.4 Å². The third-order valence-electron chi connectivity index (χ3n) is 4.90. The molecular weight excluding hydrogens is 408 g/mol. The molecule has 11 heteroatoms. The number of nitrogens with one attached hydrogen (secondary N) is 1. The van der Waals surface area contributed by atoms with Gasteiger partial charge in [0.1, 0.15) is 12.0 Å². The Morgan fingerprint density at radius 2 is 1.97 bits per heavy atom. The van der Waals surface area contributed by atoms with Gasteiger partial charge in [0.15, 0.2) is 5.69 Å². The molecule has 0 saturated carbocycles. The summed E-state index contributed by atoms with van der Waals surface area (Å²) in [6.45, 7) is -0.409. The third kappa shape index (κ3) is 4.87. The number of alkyl halides is 2. The summed E-state index contributed by atoms with van der Waals surface area (Å²) in [5.41, 5.74) is 1.03. The summed E-state index contributed by atoms with van der Waals surface area (Å²) in [5, 5.41) is 10.4. The van der Waals surface area contributed by atoms with Crippen molar-refractivity contribution in [1.29, 1.82) is 0 Å². The first kappa shape index (κ1) is 20.5. The average molecular weight is 427 g/mol. The molecule has 2 aromatic heterocycles. The van der Waals surface area contributed by atoms with Crippen LogP contribution in [0.2, 0.25) is 0 Å². The second-order valence-electron chi connectivity index (χ2n) is 7.24. The monoisotopic (exact) mass is 427 g/mol. The van der Waals surface area contributed by atoms with Crippen molar-refractivity contribution in [2.24, 2.45) is 0 Å². The molecule has 0 radical (unpaired) electrons. The standard InChI is InChI=1S/C20H19F2N7O2/c21-20(22)8-15(29(12-20)19(31)16-6-7-23-13-25-16)10-28-11-17(26-27-28)18(30)24-9-14-4-2-1-3-5-14/h1-7,11,13,15H,8-10,12H2,(H,24,30)/t15-/m0/s1. The van der Waals surface area contributed by atoms with Crippen molar-refractivity contribution in [3.05, 3.63) is 72.1 Å². The van der Waals surface area contributed by atoms with E-state index in [-0.39, 0.29) is 17.9 Å². The highest BCUT2D eigenvalue weighted by atomic mass is 19.3. The Morgan fingerprint density at radius 3 is 2.71 bits per heavy atom. The molecule has 1 atom stereocenters. The largest absolute Gasteiger partial charge is 0.347 e. The average Bonchev–Trinajstić information content (AvgIpc) is 3.36. The molecule has 1 aromatic carbocycles. The molecular formula is C20H19F2N7O2. The lowest BCUT2D eigenvalue weighted by Gasteiger charge is -2.23. The van der Waals surface area contributed by atoms with E-state index in [0.29, 0.717) is 6.54 Å². The van der Waals surface area contributed by atoms with Crippen molar-refractivity contribution in [3.8, 4) is 0 Å². The highest BCUT2D eigenvalue weighted by Gasteiger charge is 2.47. The minimum Gasteiger partial charge on any atom is -0.347 e. The minimum atomic E-state index is -3.02. The van der Waals surface area contributed by atoms with Gasteiger partial charge in [0.05, 0.1) is 25.3 Å². The Kier molecular flexibility index (Phi) is 5.65. The zero-order valence-electron chi connectivity index (χ0n) is 16.4. The molecule has 1 fully saturated rings. The van der Waals surface area contributed by atoms with Crippen LogP contribution in [-0.2, 0) is 13.1 Å². The number of amides is 2. The molecule has 160 valence electrons. The number of hydrogen-bond donors (Lipinski definition) is 1. The van der Waals surface area contributed by atoms with Crippen molar-refractivity contribution in [3.63, 3.8) is 0 Å². The van der Waals surface area contributed by atoms with Crippen LogP contribution in [0.5, 0.6) is 0 Å². The normalized spacial score (nSPS) is 17.5. The second kappa shape index (κ2) is 8.54. The third-order valence-corrected chi connectivity index (χ3v) is 4.90. The zero-order valence-corrected chi connectivity index (χ0v) is 16.4. The molecule has 9 nitrogen and oxygen atoms in total. The smallest absolute Gasteiger partial charge is 0.273 e. The van der Waals surface area contributed by atoms with Crippen LogP contribution in [0.25, 0.3) is 0 Å². The first-order valence-corrected chi connectivity index (χ1v) is 9.58. The second-order valence-corrected chi connectivity index (χ2v) is 7.24.